The third-order valence-electron chi connectivity index (χ3n) is 4.30. The molecule has 27 heavy (non-hydrogen) atoms. The van der Waals surface area contributed by atoms with Crippen molar-refractivity contribution in [3.63, 3.8) is 0 Å². The summed E-state index contributed by atoms with van der Waals surface area (Å²) in [6, 6.07) is 8.62. The lowest BCUT2D eigenvalue weighted by molar-refractivity contribution is 0.631. The number of anilines is 1. The molecule has 2 N–H and O–H groups in total. The monoisotopic (exact) mass is 485 g/mol. The molecule has 0 aliphatic heterocycles. The number of benzene rings is 1. The van der Waals surface area contributed by atoms with Gasteiger partial charge >= 0.3 is 0 Å². The molecule has 0 aliphatic carbocycles. The quantitative estimate of drug-likeness (QED) is 0.325. The maximum absolute atomic E-state index is 4.29. The molecule has 150 valence electrons. The second-order valence-corrected chi connectivity index (χ2v) is 6.14. The molecule has 0 bridgehead atoms. The minimum atomic E-state index is 0. The van der Waals surface area contributed by atoms with Gasteiger partial charge in [0, 0.05) is 51.9 Å². The van der Waals surface area contributed by atoms with Crippen LogP contribution < -0.4 is 15.5 Å². The molecule has 0 amide bonds. The van der Waals surface area contributed by atoms with E-state index in [-0.39, 0.29) is 24.0 Å². The molecule has 1 aromatic heterocycles. The van der Waals surface area contributed by atoms with Gasteiger partial charge in [0.2, 0.25) is 0 Å². The maximum atomic E-state index is 4.29. The first-order valence-electron chi connectivity index (χ1n) is 9.30. The van der Waals surface area contributed by atoms with Crippen LogP contribution in [0.15, 0.2) is 35.6 Å². The predicted octanol–water partition coefficient (Wildman–Crippen LogP) is 2.46. The van der Waals surface area contributed by atoms with Crippen molar-refractivity contribution in [1.82, 2.24) is 25.4 Å². The van der Waals surface area contributed by atoms with Gasteiger partial charge in [0.1, 0.15) is 12.2 Å². The van der Waals surface area contributed by atoms with Gasteiger partial charge in [-0.15, -0.1) is 34.2 Å². The smallest absolute Gasteiger partial charge is 0.191 e. The number of guanidine groups is 1. The lowest BCUT2D eigenvalue weighted by Crippen LogP contribution is -2.42. The van der Waals surface area contributed by atoms with Crippen LogP contribution >= 0.6 is 24.0 Å². The highest BCUT2D eigenvalue weighted by molar-refractivity contribution is 14.0. The molecule has 0 atom stereocenters. The number of likely N-dealkylation sites (N-methyl/N-ethyl adjacent to an activating group) is 1. The van der Waals surface area contributed by atoms with Crippen LogP contribution in [0.3, 0.4) is 0 Å². The molecule has 8 heteroatoms. The van der Waals surface area contributed by atoms with Crippen molar-refractivity contribution in [2.75, 3.05) is 38.1 Å². The number of aliphatic imine (C=N–C) groups is 1. The number of halogens is 1. The van der Waals surface area contributed by atoms with Gasteiger partial charge in [-0.25, -0.2) is 0 Å². The van der Waals surface area contributed by atoms with E-state index in [1.807, 2.05) is 0 Å². The minimum Gasteiger partial charge on any atom is -0.370 e. The summed E-state index contributed by atoms with van der Waals surface area (Å²) in [5.74, 6) is 1.82. The summed E-state index contributed by atoms with van der Waals surface area (Å²) >= 11 is 0. The summed E-state index contributed by atoms with van der Waals surface area (Å²) in [6.45, 7) is 10.7. The standard InChI is InChI=1S/C19H31N7.HI/c1-5-18-24-23-15-26(18)13-11-22-19(20-4)21-10-12-25(6-2)17-9-7-8-16(3)14-17;/h7-9,14-15H,5-6,10-13H2,1-4H3,(H2,20,21,22);1H. The zero-order valence-electron chi connectivity index (χ0n) is 16.8. The van der Waals surface area contributed by atoms with Crippen LogP contribution in [0.2, 0.25) is 0 Å². The van der Waals surface area contributed by atoms with Crippen molar-refractivity contribution in [1.29, 1.82) is 0 Å². The topological polar surface area (TPSA) is 70.4 Å². The third-order valence-corrected chi connectivity index (χ3v) is 4.30. The van der Waals surface area contributed by atoms with Crippen LogP contribution in [0, 0.1) is 6.92 Å². The molecular formula is C19H32IN7. The molecule has 0 fully saturated rings. The van der Waals surface area contributed by atoms with E-state index in [1.54, 1.807) is 13.4 Å². The Morgan fingerprint density at radius 1 is 1.22 bits per heavy atom. The van der Waals surface area contributed by atoms with Crippen LogP contribution in [0.25, 0.3) is 0 Å². The van der Waals surface area contributed by atoms with Crippen LogP contribution in [-0.2, 0) is 13.0 Å². The number of aryl methyl sites for hydroxylation is 2. The van der Waals surface area contributed by atoms with Gasteiger partial charge in [-0.05, 0) is 31.5 Å². The molecule has 0 unspecified atom stereocenters. The zero-order valence-corrected chi connectivity index (χ0v) is 19.1. The van der Waals surface area contributed by atoms with Gasteiger partial charge in [-0.3, -0.25) is 4.99 Å². The van der Waals surface area contributed by atoms with E-state index in [0.717, 1.165) is 50.9 Å². The first-order chi connectivity index (χ1) is 12.7. The third kappa shape index (κ3) is 7.36. The Balaban J connectivity index is 0.00000364. The molecule has 7 nitrogen and oxygen atoms in total. The Kier molecular flexibility index (Phi) is 10.8. The fourth-order valence-corrected chi connectivity index (χ4v) is 2.86. The van der Waals surface area contributed by atoms with Gasteiger partial charge in [0.25, 0.3) is 0 Å². The first kappa shape index (κ1) is 23.2. The fourth-order valence-electron chi connectivity index (χ4n) is 2.86. The van der Waals surface area contributed by atoms with E-state index >= 15 is 0 Å². The van der Waals surface area contributed by atoms with Crippen LogP contribution in [0.1, 0.15) is 25.2 Å². The van der Waals surface area contributed by atoms with Gasteiger partial charge in [0.05, 0.1) is 0 Å². The summed E-state index contributed by atoms with van der Waals surface area (Å²) < 4.78 is 2.07. The number of aromatic nitrogens is 3. The number of nitrogens with zero attached hydrogens (tertiary/aromatic N) is 5. The summed E-state index contributed by atoms with van der Waals surface area (Å²) in [5, 5.41) is 14.8. The second-order valence-electron chi connectivity index (χ2n) is 6.14. The lowest BCUT2D eigenvalue weighted by Gasteiger charge is -2.24. The first-order valence-corrected chi connectivity index (χ1v) is 9.30. The molecule has 2 rings (SSSR count). The number of hydrogen-bond acceptors (Lipinski definition) is 4. The number of nitrogens with one attached hydrogen (secondary N) is 2. The molecule has 1 aromatic carbocycles. The molecule has 0 saturated heterocycles. The van der Waals surface area contributed by atoms with Crippen molar-refractivity contribution in [3.8, 4) is 0 Å². The molecule has 0 spiro atoms. The molecule has 1 heterocycles. The Morgan fingerprint density at radius 3 is 2.67 bits per heavy atom. The van der Waals surface area contributed by atoms with Crippen molar-refractivity contribution in [2.24, 2.45) is 4.99 Å². The van der Waals surface area contributed by atoms with Gasteiger partial charge < -0.3 is 20.1 Å². The van der Waals surface area contributed by atoms with E-state index in [0.29, 0.717) is 0 Å². The second kappa shape index (κ2) is 12.5. The summed E-state index contributed by atoms with van der Waals surface area (Å²) in [4.78, 5) is 6.65. The van der Waals surface area contributed by atoms with Crippen molar-refractivity contribution >= 4 is 35.6 Å². The van der Waals surface area contributed by atoms with Crippen molar-refractivity contribution in [2.45, 2.75) is 33.7 Å². The Bertz CT molecular complexity index is 699. The van der Waals surface area contributed by atoms with Gasteiger partial charge in [-0.2, -0.15) is 0 Å². The highest BCUT2D eigenvalue weighted by Crippen LogP contribution is 2.14. The highest BCUT2D eigenvalue weighted by Gasteiger charge is 2.05. The SMILES string of the molecule is CCc1nncn1CCNC(=NC)NCCN(CC)c1cccc(C)c1.I. The molecule has 0 radical (unpaired) electrons. The van der Waals surface area contributed by atoms with Crippen LogP contribution in [-0.4, -0.2) is 54.0 Å². The average Bonchev–Trinajstić information content (AvgIpc) is 3.11. The summed E-state index contributed by atoms with van der Waals surface area (Å²) in [6.07, 6.45) is 2.66. The van der Waals surface area contributed by atoms with Crippen molar-refractivity contribution < 1.29 is 0 Å². The normalized spacial score (nSPS) is 11.0. The van der Waals surface area contributed by atoms with Gasteiger partial charge in [0.15, 0.2) is 5.96 Å². The fraction of sp³-hybridized carbons (Fsp3) is 0.526. The van der Waals surface area contributed by atoms with Crippen LogP contribution in [0.5, 0.6) is 0 Å². The summed E-state index contributed by atoms with van der Waals surface area (Å²) in [7, 11) is 1.80. The Morgan fingerprint density at radius 2 is 2.00 bits per heavy atom. The van der Waals surface area contributed by atoms with E-state index in [2.05, 4.69) is 80.3 Å². The van der Waals surface area contributed by atoms with E-state index < -0.39 is 0 Å². The van der Waals surface area contributed by atoms with E-state index in [1.165, 1.54) is 11.3 Å². The average molecular weight is 485 g/mol. The number of rotatable bonds is 9. The number of hydrogen-bond donors (Lipinski definition) is 2. The molecule has 0 saturated carbocycles. The molecular weight excluding hydrogens is 453 g/mol. The predicted molar refractivity (Wildman–Crippen MR) is 123 cm³/mol. The van der Waals surface area contributed by atoms with Gasteiger partial charge in [-0.1, -0.05) is 19.1 Å². The van der Waals surface area contributed by atoms with Crippen molar-refractivity contribution in [3.05, 3.63) is 42.0 Å². The van der Waals surface area contributed by atoms with E-state index in [9.17, 15) is 0 Å². The summed E-state index contributed by atoms with van der Waals surface area (Å²) in [5.41, 5.74) is 2.55. The lowest BCUT2D eigenvalue weighted by atomic mass is 10.2. The zero-order chi connectivity index (χ0) is 18.8. The molecule has 2 aromatic rings. The minimum absolute atomic E-state index is 0. The molecule has 0 aliphatic rings. The Hall–Kier alpha value is -1.84. The maximum Gasteiger partial charge on any atom is 0.191 e. The largest absolute Gasteiger partial charge is 0.370 e. The van der Waals surface area contributed by atoms with Crippen LogP contribution in [0.4, 0.5) is 5.69 Å². The highest BCUT2D eigenvalue weighted by atomic mass is 127. The Labute approximate surface area is 179 Å². The van der Waals surface area contributed by atoms with E-state index in [4.69, 9.17) is 0 Å².